The highest BCUT2D eigenvalue weighted by Gasteiger charge is 2.34. The van der Waals surface area contributed by atoms with E-state index >= 15 is 0 Å². The summed E-state index contributed by atoms with van der Waals surface area (Å²) >= 11 is 0. The predicted molar refractivity (Wildman–Crippen MR) is 139 cm³/mol. The van der Waals surface area contributed by atoms with Gasteiger partial charge in [-0.15, -0.1) is 13.2 Å². The number of carbonyl (C=O) groups is 2. The predicted octanol–water partition coefficient (Wildman–Crippen LogP) is 4.23. The molecule has 0 unspecified atom stereocenters. The van der Waals surface area contributed by atoms with Crippen LogP contribution in [0.5, 0.6) is 5.75 Å². The van der Waals surface area contributed by atoms with Crippen molar-refractivity contribution >= 4 is 12.0 Å². The molecule has 10 nitrogen and oxygen atoms in total. The topological polar surface area (TPSA) is 105 Å². The molecule has 1 aliphatic heterocycles. The van der Waals surface area contributed by atoms with Crippen molar-refractivity contribution in [1.29, 1.82) is 0 Å². The van der Waals surface area contributed by atoms with E-state index in [-0.39, 0.29) is 45.0 Å². The lowest BCUT2D eigenvalue weighted by Gasteiger charge is -2.27. The molecule has 0 spiro atoms. The number of nitrogens with one attached hydrogen (secondary N) is 1. The molecule has 13 heteroatoms. The van der Waals surface area contributed by atoms with Crippen LogP contribution in [0.15, 0.2) is 24.3 Å². The molecule has 1 fully saturated rings. The SMILES string of the molecule is CCCOc1ccc([C@H](NC(=O)OC(C)(C)C)C(=O)N2CC[C@H](OCCOCCOCCOC(F)(F)F)C2)cc1. The molecule has 2 rings (SSSR count). The van der Waals surface area contributed by atoms with Crippen molar-refractivity contribution in [2.45, 2.75) is 64.6 Å². The maximum absolute atomic E-state index is 13.5. The van der Waals surface area contributed by atoms with E-state index in [1.807, 2.05) is 6.92 Å². The average Bonchev–Trinajstić information content (AvgIpc) is 3.34. The molecule has 1 aromatic carbocycles. The van der Waals surface area contributed by atoms with Crippen molar-refractivity contribution in [1.82, 2.24) is 10.2 Å². The van der Waals surface area contributed by atoms with Crippen molar-refractivity contribution in [3.63, 3.8) is 0 Å². The van der Waals surface area contributed by atoms with E-state index in [0.717, 1.165) is 6.42 Å². The first-order valence-electron chi connectivity index (χ1n) is 13.4. The Morgan fingerprint density at radius 2 is 1.60 bits per heavy atom. The van der Waals surface area contributed by atoms with Crippen LogP contribution >= 0.6 is 0 Å². The summed E-state index contributed by atoms with van der Waals surface area (Å²) in [4.78, 5) is 27.7. The monoisotopic (exact) mass is 578 g/mol. The van der Waals surface area contributed by atoms with Crippen LogP contribution in [0.25, 0.3) is 0 Å². The lowest BCUT2D eigenvalue weighted by Crippen LogP contribution is -2.44. The van der Waals surface area contributed by atoms with Crippen LogP contribution in [-0.4, -0.2) is 94.3 Å². The van der Waals surface area contributed by atoms with Crippen LogP contribution in [0.2, 0.25) is 0 Å². The highest BCUT2D eigenvalue weighted by molar-refractivity contribution is 5.87. The zero-order chi connectivity index (χ0) is 29.6. The van der Waals surface area contributed by atoms with Gasteiger partial charge in [0.15, 0.2) is 0 Å². The van der Waals surface area contributed by atoms with Crippen molar-refractivity contribution in [2.24, 2.45) is 0 Å². The number of likely N-dealkylation sites (tertiary alicyclic amines) is 1. The Labute approximate surface area is 233 Å². The number of carbonyl (C=O) groups excluding carboxylic acids is 2. The van der Waals surface area contributed by atoms with Crippen LogP contribution in [-0.2, 0) is 28.5 Å². The fourth-order valence-electron chi connectivity index (χ4n) is 3.75. The molecule has 0 saturated carbocycles. The standard InChI is InChI=1S/C27H41F3N2O8/c1-5-12-37-21-8-6-20(7-9-21)23(31-25(34)40-26(2,3)4)24(33)32-11-10-22(19-32)38-17-15-35-13-14-36-16-18-39-27(28,29)30/h6-9,22-23H,5,10-19H2,1-4H3,(H,31,34)/t22-,23-/m0/s1. The molecule has 0 aliphatic carbocycles. The van der Waals surface area contributed by atoms with E-state index in [9.17, 15) is 22.8 Å². The molecule has 1 aliphatic rings. The largest absolute Gasteiger partial charge is 0.522 e. The van der Waals surface area contributed by atoms with Gasteiger partial charge in [0, 0.05) is 13.1 Å². The third-order valence-corrected chi connectivity index (χ3v) is 5.50. The number of alkyl carbamates (subject to hydrolysis) is 1. The second-order valence-electron chi connectivity index (χ2n) is 10.1. The van der Waals surface area contributed by atoms with Crippen LogP contribution in [0.4, 0.5) is 18.0 Å². The third kappa shape index (κ3) is 13.6. The summed E-state index contributed by atoms with van der Waals surface area (Å²) in [6.07, 6.45) is -4.07. The minimum Gasteiger partial charge on any atom is -0.494 e. The van der Waals surface area contributed by atoms with Crippen molar-refractivity contribution in [3.8, 4) is 5.75 Å². The maximum atomic E-state index is 13.5. The molecule has 1 aromatic rings. The van der Waals surface area contributed by atoms with Gasteiger partial charge in [-0.05, 0) is 51.3 Å². The first kappa shape index (κ1) is 33.6. The fourth-order valence-corrected chi connectivity index (χ4v) is 3.75. The zero-order valence-corrected chi connectivity index (χ0v) is 23.6. The van der Waals surface area contributed by atoms with Gasteiger partial charge in [-0.25, -0.2) is 4.79 Å². The normalized spacial score (nSPS) is 16.6. The Hall–Kier alpha value is -2.61. The summed E-state index contributed by atoms with van der Waals surface area (Å²) in [5, 5.41) is 2.71. The molecule has 0 radical (unpaired) electrons. The second kappa shape index (κ2) is 16.6. The summed E-state index contributed by atoms with van der Waals surface area (Å²) in [5.41, 5.74) is -0.123. The van der Waals surface area contributed by atoms with Gasteiger partial charge in [0.1, 0.15) is 17.4 Å². The zero-order valence-electron chi connectivity index (χ0n) is 23.6. The Morgan fingerprint density at radius 3 is 2.20 bits per heavy atom. The van der Waals surface area contributed by atoms with Gasteiger partial charge in [0.2, 0.25) is 5.91 Å². The Kier molecular flexibility index (Phi) is 13.9. The maximum Gasteiger partial charge on any atom is 0.522 e. The van der Waals surface area contributed by atoms with Crippen LogP contribution < -0.4 is 10.1 Å². The lowest BCUT2D eigenvalue weighted by atomic mass is 10.1. The van der Waals surface area contributed by atoms with Gasteiger partial charge in [-0.2, -0.15) is 0 Å². The summed E-state index contributed by atoms with van der Waals surface area (Å²) < 4.78 is 66.4. The Bertz CT molecular complexity index is 893. The number of hydrogen-bond donors (Lipinski definition) is 1. The van der Waals surface area contributed by atoms with Crippen molar-refractivity contribution in [2.75, 3.05) is 59.3 Å². The molecule has 0 bridgehead atoms. The van der Waals surface area contributed by atoms with Gasteiger partial charge in [0.05, 0.1) is 52.4 Å². The van der Waals surface area contributed by atoms with Crippen molar-refractivity contribution in [3.05, 3.63) is 29.8 Å². The molecule has 228 valence electrons. The quantitative estimate of drug-likeness (QED) is 0.291. The van der Waals surface area contributed by atoms with Crippen LogP contribution in [0.1, 0.15) is 52.1 Å². The highest BCUT2D eigenvalue weighted by Crippen LogP contribution is 2.24. The molecule has 2 atom stereocenters. The smallest absolute Gasteiger partial charge is 0.494 e. The van der Waals surface area contributed by atoms with Crippen molar-refractivity contribution < 1.29 is 51.2 Å². The van der Waals surface area contributed by atoms with Crippen LogP contribution in [0.3, 0.4) is 0 Å². The summed E-state index contributed by atoms with van der Waals surface area (Å²) in [7, 11) is 0. The molecule has 2 amide bonds. The number of halogens is 3. The molecular weight excluding hydrogens is 537 g/mol. The molecule has 1 heterocycles. The molecule has 40 heavy (non-hydrogen) atoms. The van der Waals surface area contributed by atoms with E-state index < -0.39 is 30.7 Å². The number of hydrogen-bond acceptors (Lipinski definition) is 8. The van der Waals surface area contributed by atoms with Gasteiger partial charge < -0.3 is 33.9 Å². The number of alkyl halides is 3. The number of rotatable bonds is 16. The second-order valence-corrected chi connectivity index (χ2v) is 10.1. The average molecular weight is 579 g/mol. The molecule has 1 saturated heterocycles. The third-order valence-electron chi connectivity index (χ3n) is 5.50. The van der Waals surface area contributed by atoms with Gasteiger partial charge in [-0.1, -0.05) is 19.1 Å². The van der Waals surface area contributed by atoms with Gasteiger partial charge in [0.25, 0.3) is 0 Å². The van der Waals surface area contributed by atoms with Crippen LogP contribution in [0, 0.1) is 0 Å². The summed E-state index contributed by atoms with van der Waals surface area (Å²) in [6.45, 7) is 8.75. The minimum absolute atomic E-state index is 0.130. The number of ether oxygens (including phenoxy) is 6. The summed E-state index contributed by atoms with van der Waals surface area (Å²) in [5.74, 6) is 0.398. The lowest BCUT2D eigenvalue weighted by molar-refractivity contribution is -0.327. The van der Waals surface area contributed by atoms with E-state index in [2.05, 4.69) is 10.1 Å². The molecule has 0 aromatic heterocycles. The Balaban J connectivity index is 1.80. The first-order valence-corrected chi connectivity index (χ1v) is 13.4. The first-order chi connectivity index (χ1) is 18.9. The minimum atomic E-state index is -4.66. The van der Waals surface area contributed by atoms with E-state index in [0.29, 0.717) is 37.4 Å². The fraction of sp³-hybridized carbons (Fsp3) is 0.704. The number of benzene rings is 1. The summed E-state index contributed by atoms with van der Waals surface area (Å²) in [6, 6.07) is 6.08. The molecular formula is C27H41F3N2O8. The number of nitrogens with zero attached hydrogens (tertiary/aromatic N) is 1. The van der Waals surface area contributed by atoms with E-state index in [1.165, 1.54) is 0 Å². The molecule has 1 N–H and O–H groups in total. The Morgan fingerprint density at radius 1 is 0.975 bits per heavy atom. The number of amides is 2. The van der Waals surface area contributed by atoms with E-state index in [1.54, 1.807) is 49.9 Å². The van der Waals surface area contributed by atoms with Gasteiger partial charge >= 0.3 is 12.5 Å². The van der Waals surface area contributed by atoms with Gasteiger partial charge in [-0.3, -0.25) is 9.53 Å². The highest BCUT2D eigenvalue weighted by atomic mass is 19.4. The van der Waals surface area contributed by atoms with E-state index in [4.69, 9.17) is 23.7 Å².